The van der Waals surface area contributed by atoms with Gasteiger partial charge in [0.25, 0.3) is 0 Å². The van der Waals surface area contributed by atoms with Crippen molar-refractivity contribution < 1.29 is 0 Å². The molecule has 2 aliphatic rings. The standard InChI is InChI=1S/C16H33N3/c1-4-14-7-8-16(11-14,13-17)19-10-6-9-18(3)12-15(19)5-2/h14-15H,4-13,17H2,1-3H3. The first-order valence-electron chi connectivity index (χ1n) is 8.30. The predicted octanol–water partition coefficient (Wildman–Crippen LogP) is 2.31. The van der Waals surface area contributed by atoms with Crippen molar-refractivity contribution in [1.29, 1.82) is 0 Å². The molecule has 0 amide bonds. The van der Waals surface area contributed by atoms with Crippen LogP contribution in [0.15, 0.2) is 0 Å². The summed E-state index contributed by atoms with van der Waals surface area (Å²) < 4.78 is 0. The van der Waals surface area contributed by atoms with E-state index in [9.17, 15) is 0 Å². The molecule has 0 radical (unpaired) electrons. The van der Waals surface area contributed by atoms with Crippen molar-refractivity contribution in [2.24, 2.45) is 11.7 Å². The molecule has 3 nitrogen and oxygen atoms in total. The summed E-state index contributed by atoms with van der Waals surface area (Å²) in [6, 6.07) is 0.701. The highest BCUT2D eigenvalue weighted by molar-refractivity contribution is 5.01. The number of hydrogen-bond acceptors (Lipinski definition) is 3. The van der Waals surface area contributed by atoms with Crippen molar-refractivity contribution in [2.45, 2.75) is 64.0 Å². The van der Waals surface area contributed by atoms with Crippen LogP contribution >= 0.6 is 0 Å². The first-order valence-corrected chi connectivity index (χ1v) is 8.30. The molecule has 0 aromatic rings. The van der Waals surface area contributed by atoms with Gasteiger partial charge in [0, 0.05) is 31.2 Å². The second-order valence-corrected chi connectivity index (χ2v) is 6.82. The molecule has 2 N–H and O–H groups in total. The quantitative estimate of drug-likeness (QED) is 0.848. The summed E-state index contributed by atoms with van der Waals surface area (Å²) in [4.78, 5) is 5.32. The second kappa shape index (κ2) is 6.55. The van der Waals surface area contributed by atoms with Gasteiger partial charge in [0.1, 0.15) is 0 Å². The lowest BCUT2D eigenvalue weighted by atomic mass is 9.90. The summed E-state index contributed by atoms with van der Waals surface area (Å²) in [5.74, 6) is 0.905. The minimum absolute atomic E-state index is 0.312. The van der Waals surface area contributed by atoms with Crippen LogP contribution in [-0.2, 0) is 0 Å². The van der Waals surface area contributed by atoms with E-state index in [1.165, 1.54) is 58.2 Å². The summed E-state index contributed by atoms with van der Waals surface area (Å²) in [7, 11) is 2.27. The third kappa shape index (κ3) is 3.14. The van der Waals surface area contributed by atoms with E-state index in [0.29, 0.717) is 11.6 Å². The van der Waals surface area contributed by atoms with Crippen LogP contribution in [0.4, 0.5) is 0 Å². The van der Waals surface area contributed by atoms with Gasteiger partial charge < -0.3 is 10.6 Å². The maximum absolute atomic E-state index is 6.26. The molecule has 112 valence electrons. The molecule has 1 aliphatic heterocycles. The van der Waals surface area contributed by atoms with Crippen LogP contribution in [0.3, 0.4) is 0 Å². The van der Waals surface area contributed by atoms with Crippen LogP contribution in [0.25, 0.3) is 0 Å². The van der Waals surface area contributed by atoms with E-state index >= 15 is 0 Å². The number of likely N-dealkylation sites (N-methyl/N-ethyl adjacent to an activating group) is 1. The van der Waals surface area contributed by atoms with Crippen LogP contribution in [0.2, 0.25) is 0 Å². The number of hydrogen-bond donors (Lipinski definition) is 1. The van der Waals surface area contributed by atoms with Crippen molar-refractivity contribution in [3.8, 4) is 0 Å². The minimum Gasteiger partial charge on any atom is -0.329 e. The summed E-state index contributed by atoms with van der Waals surface area (Å²) in [5.41, 5.74) is 6.58. The van der Waals surface area contributed by atoms with E-state index in [0.717, 1.165) is 12.5 Å². The van der Waals surface area contributed by atoms with E-state index in [4.69, 9.17) is 5.73 Å². The van der Waals surface area contributed by atoms with Crippen molar-refractivity contribution in [1.82, 2.24) is 9.80 Å². The minimum atomic E-state index is 0.312. The van der Waals surface area contributed by atoms with E-state index in [1.54, 1.807) is 0 Å². The highest BCUT2D eigenvalue weighted by Gasteiger charge is 2.44. The zero-order valence-electron chi connectivity index (χ0n) is 13.2. The molecule has 2 rings (SSSR count). The Morgan fingerprint density at radius 3 is 2.58 bits per heavy atom. The molecule has 0 aromatic carbocycles. The van der Waals surface area contributed by atoms with E-state index in [1.807, 2.05) is 0 Å². The largest absolute Gasteiger partial charge is 0.329 e. The number of nitrogens with two attached hydrogens (primary N) is 1. The number of rotatable bonds is 4. The molecular weight excluding hydrogens is 234 g/mol. The van der Waals surface area contributed by atoms with Gasteiger partial charge in [-0.2, -0.15) is 0 Å². The summed E-state index contributed by atoms with van der Waals surface area (Å²) in [5, 5.41) is 0. The topological polar surface area (TPSA) is 32.5 Å². The summed E-state index contributed by atoms with van der Waals surface area (Å²) >= 11 is 0. The highest BCUT2D eigenvalue weighted by Crippen LogP contribution is 2.41. The molecule has 3 unspecified atom stereocenters. The van der Waals surface area contributed by atoms with Gasteiger partial charge in [-0.15, -0.1) is 0 Å². The van der Waals surface area contributed by atoms with E-state index < -0.39 is 0 Å². The Morgan fingerprint density at radius 1 is 1.21 bits per heavy atom. The average Bonchev–Trinajstić information content (AvgIpc) is 2.76. The highest BCUT2D eigenvalue weighted by atomic mass is 15.3. The molecule has 19 heavy (non-hydrogen) atoms. The third-order valence-corrected chi connectivity index (χ3v) is 5.63. The first-order chi connectivity index (χ1) is 9.15. The Hall–Kier alpha value is -0.120. The molecule has 3 atom stereocenters. The molecule has 0 aromatic heterocycles. The van der Waals surface area contributed by atoms with E-state index in [2.05, 4.69) is 30.7 Å². The van der Waals surface area contributed by atoms with Crippen molar-refractivity contribution >= 4 is 0 Å². The first kappa shape index (κ1) is 15.3. The van der Waals surface area contributed by atoms with Gasteiger partial charge in [0.15, 0.2) is 0 Å². The van der Waals surface area contributed by atoms with Crippen LogP contribution in [0.1, 0.15) is 52.4 Å². The van der Waals surface area contributed by atoms with Gasteiger partial charge in [-0.3, -0.25) is 4.90 Å². The monoisotopic (exact) mass is 267 g/mol. The lowest BCUT2D eigenvalue weighted by Crippen LogP contribution is -2.57. The molecular formula is C16H33N3. The Balaban J connectivity index is 2.15. The van der Waals surface area contributed by atoms with Gasteiger partial charge in [-0.25, -0.2) is 0 Å². The Kier molecular flexibility index (Phi) is 5.27. The molecule has 2 fully saturated rings. The molecule has 1 saturated carbocycles. The van der Waals surface area contributed by atoms with Crippen LogP contribution in [0, 0.1) is 5.92 Å². The molecule has 1 saturated heterocycles. The maximum Gasteiger partial charge on any atom is 0.0337 e. The molecule has 1 aliphatic carbocycles. The van der Waals surface area contributed by atoms with Crippen molar-refractivity contribution in [3.05, 3.63) is 0 Å². The Bertz CT molecular complexity index is 281. The Labute approximate surface area is 119 Å². The summed E-state index contributed by atoms with van der Waals surface area (Å²) in [6.45, 7) is 9.23. The normalized spacial score (nSPS) is 38.5. The second-order valence-electron chi connectivity index (χ2n) is 6.82. The van der Waals surface area contributed by atoms with Gasteiger partial charge >= 0.3 is 0 Å². The van der Waals surface area contributed by atoms with Crippen LogP contribution < -0.4 is 5.73 Å². The van der Waals surface area contributed by atoms with E-state index in [-0.39, 0.29) is 0 Å². The smallest absolute Gasteiger partial charge is 0.0337 e. The SMILES string of the molecule is CCC1CCC(CN)(N2CCCN(C)CC2CC)C1. The lowest BCUT2D eigenvalue weighted by molar-refractivity contribution is 0.0479. The molecule has 0 spiro atoms. The average molecular weight is 267 g/mol. The zero-order chi connectivity index (χ0) is 13.9. The Morgan fingerprint density at radius 2 is 2.00 bits per heavy atom. The number of nitrogens with zero attached hydrogens (tertiary/aromatic N) is 2. The zero-order valence-corrected chi connectivity index (χ0v) is 13.2. The third-order valence-electron chi connectivity index (χ3n) is 5.63. The summed E-state index contributed by atoms with van der Waals surface area (Å²) in [6.07, 6.45) is 7.92. The van der Waals surface area contributed by atoms with Crippen molar-refractivity contribution in [3.63, 3.8) is 0 Å². The molecule has 1 heterocycles. The van der Waals surface area contributed by atoms with Crippen LogP contribution in [0.5, 0.6) is 0 Å². The van der Waals surface area contributed by atoms with Gasteiger partial charge in [-0.05, 0) is 51.6 Å². The van der Waals surface area contributed by atoms with Gasteiger partial charge in [0.2, 0.25) is 0 Å². The fraction of sp³-hybridized carbons (Fsp3) is 1.00. The lowest BCUT2D eigenvalue weighted by Gasteiger charge is -2.45. The van der Waals surface area contributed by atoms with Gasteiger partial charge in [-0.1, -0.05) is 20.3 Å². The fourth-order valence-corrected chi connectivity index (χ4v) is 4.34. The maximum atomic E-state index is 6.26. The molecule has 0 bridgehead atoms. The molecule has 3 heteroatoms. The van der Waals surface area contributed by atoms with Crippen molar-refractivity contribution in [2.75, 3.05) is 33.2 Å². The van der Waals surface area contributed by atoms with Gasteiger partial charge in [0.05, 0.1) is 0 Å². The van der Waals surface area contributed by atoms with Crippen LogP contribution in [-0.4, -0.2) is 54.6 Å². The fourth-order valence-electron chi connectivity index (χ4n) is 4.34. The predicted molar refractivity (Wildman–Crippen MR) is 82.3 cm³/mol.